The van der Waals surface area contributed by atoms with Gasteiger partial charge in [0.1, 0.15) is 11.5 Å². The summed E-state index contributed by atoms with van der Waals surface area (Å²) in [5.74, 6) is -0.670. The lowest BCUT2D eigenvalue weighted by molar-refractivity contribution is -0.140. The highest BCUT2D eigenvalue weighted by Gasteiger charge is 2.45. The number of carbonyl (C=O) groups excluding carboxylic acids is 2. The number of Topliss-reactive ketones (excluding diaryl/α,β-unsaturated/α-hetero) is 1. The van der Waals surface area contributed by atoms with Gasteiger partial charge in [0, 0.05) is 18.7 Å². The zero-order chi connectivity index (χ0) is 22.5. The van der Waals surface area contributed by atoms with E-state index in [9.17, 15) is 14.7 Å². The van der Waals surface area contributed by atoms with Crippen molar-refractivity contribution in [2.24, 2.45) is 0 Å². The lowest BCUT2D eigenvalue weighted by atomic mass is 9.95. The van der Waals surface area contributed by atoms with E-state index in [1.807, 2.05) is 69.2 Å². The molecule has 2 aromatic carbocycles. The van der Waals surface area contributed by atoms with Gasteiger partial charge in [-0.05, 0) is 45.1 Å². The van der Waals surface area contributed by atoms with Crippen molar-refractivity contribution < 1.29 is 19.4 Å². The summed E-state index contributed by atoms with van der Waals surface area (Å²) in [5.41, 5.74) is 2.44. The van der Waals surface area contributed by atoms with Crippen molar-refractivity contribution in [3.63, 3.8) is 0 Å². The van der Waals surface area contributed by atoms with E-state index in [2.05, 4.69) is 0 Å². The maximum Gasteiger partial charge on any atom is 0.295 e. The first-order valence-electron chi connectivity index (χ1n) is 10.6. The SMILES string of the molecule is CCCOc1ccc([C@H]2/C(=C(\O)c3ccc(C)cc3)C(=O)C(=O)N2CCN(C)C)cc1. The maximum absolute atomic E-state index is 13.0. The van der Waals surface area contributed by atoms with Crippen molar-refractivity contribution in [2.75, 3.05) is 33.8 Å². The Morgan fingerprint density at radius 2 is 1.71 bits per heavy atom. The van der Waals surface area contributed by atoms with Crippen LogP contribution in [-0.2, 0) is 9.59 Å². The minimum Gasteiger partial charge on any atom is -0.507 e. The molecule has 3 rings (SSSR count). The molecule has 1 amide bonds. The molecule has 0 saturated carbocycles. The standard InChI is InChI=1S/C25H30N2O4/c1-5-16-31-20-12-10-18(11-13-20)22-21(23(28)19-8-6-17(2)7-9-19)24(29)25(30)27(22)15-14-26(3)4/h6-13,22,28H,5,14-16H2,1-4H3/b23-21+/t22-/m0/s1. The summed E-state index contributed by atoms with van der Waals surface area (Å²) < 4.78 is 5.66. The number of nitrogens with zero attached hydrogens (tertiary/aromatic N) is 2. The van der Waals surface area contributed by atoms with Crippen LogP contribution in [0.5, 0.6) is 5.75 Å². The van der Waals surface area contributed by atoms with Crippen molar-refractivity contribution in [3.8, 4) is 5.75 Å². The number of hydrogen-bond donors (Lipinski definition) is 1. The lowest BCUT2D eigenvalue weighted by Gasteiger charge is -2.26. The molecule has 0 radical (unpaired) electrons. The fourth-order valence-electron chi connectivity index (χ4n) is 3.60. The van der Waals surface area contributed by atoms with Crippen LogP contribution < -0.4 is 4.74 Å². The number of likely N-dealkylation sites (N-methyl/N-ethyl adjacent to an activating group) is 1. The van der Waals surface area contributed by atoms with E-state index in [0.29, 0.717) is 25.3 Å². The van der Waals surface area contributed by atoms with E-state index >= 15 is 0 Å². The second kappa shape index (κ2) is 9.79. The maximum atomic E-state index is 13.0. The minimum atomic E-state index is -0.659. The van der Waals surface area contributed by atoms with Gasteiger partial charge in [0.25, 0.3) is 11.7 Å². The van der Waals surface area contributed by atoms with Crippen LogP contribution in [0.15, 0.2) is 54.1 Å². The van der Waals surface area contributed by atoms with E-state index in [4.69, 9.17) is 4.74 Å². The summed E-state index contributed by atoms with van der Waals surface area (Å²) in [6.45, 7) is 5.59. The number of rotatable bonds is 8. The number of amides is 1. The van der Waals surface area contributed by atoms with E-state index in [-0.39, 0.29) is 11.3 Å². The van der Waals surface area contributed by atoms with Gasteiger partial charge in [0.05, 0.1) is 18.2 Å². The Balaban J connectivity index is 2.06. The highest BCUT2D eigenvalue weighted by molar-refractivity contribution is 6.46. The predicted molar refractivity (Wildman–Crippen MR) is 121 cm³/mol. The van der Waals surface area contributed by atoms with Crippen molar-refractivity contribution >= 4 is 17.4 Å². The van der Waals surface area contributed by atoms with Crippen LogP contribution in [0.25, 0.3) is 5.76 Å². The predicted octanol–water partition coefficient (Wildman–Crippen LogP) is 3.77. The van der Waals surface area contributed by atoms with Crippen LogP contribution in [0, 0.1) is 6.92 Å². The first-order valence-corrected chi connectivity index (χ1v) is 10.6. The van der Waals surface area contributed by atoms with E-state index in [1.54, 1.807) is 17.0 Å². The summed E-state index contributed by atoms with van der Waals surface area (Å²) in [7, 11) is 3.83. The number of likely N-dealkylation sites (tertiary alicyclic amines) is 1. The molecule has 6 nitrogen and oxygen atoms in total. The van der Waals surface area contributed by atoms with Gasteiger partial charge in [-0.1, -0.05) is 48.9 Å². The van der Waals surface area contributed by atoms with Gasteiger partial charge in [0.15, 0.2) is 0 Å². The Hall–Kier alpha value is -3.12. The molecule has 1 fully saturated rings. The third kappa shape index (κ3) is 4.97. The third-order valence-corrected chi connectivity index (χ3v) is 5.32. The highest BCUT2D eigenvalue weighted by Crippen LogP contribution is 2.39. The Morgan fingerprint density at radius 1 is 1.06 bits per heavy atom. The largest absolute Gasteiger partial charge is 0.507 e. The van der Waals surface area contributed by atoms with Crippen LogP contribution in [0.1, 0.15) is 36.1 Å². The van der Waals surface area contributed by atoms with E-state index in [1.165, 1.54) is 0 Å². The molecule has 31 heavy (non-hydrogen) atoms. The van der Waals surface area contributed by atoms with Gasteiger partial charge in [-0.3, -0.25) is 9.59 Å². The summed E-state index contributed by atoms with van der Waals surface area (Å²) in [4.78, 5) is 29.4. The van der Waals surface area contributed by atoms with Crippen LogP contribution in [0.4, 0.5) is 0 Å². The van der Waals surface area contributed by atoms with E-state index < -0.39 is 17.7 Å². The molecule has 1 aliphatic heterocycles. The molecular formula is C25H30N2O4. The Bertz CT molecular complexity index is 962. The van der Waals surface area contributed by atoms with Crippen LogP contribution in [0.3, 0.4) is 0 Å². The highest BCUT2D eigenvalue weighted by atomic mass is 16.5. The molecule has 2 aromatic rings. The van der Waals surface area contributed by atoms with Gasteiger partial charge in [-0.2, -0.15) is 0 Å². The van der Waals surface area contributed by atoms with Gasteiger partial charge in [-0.25, -0.2) is 0 Å². The van der Waals surface area contributed by atoms with Crippen LogP contribution >= 0.6 is 0 Å². The van der Waals surface area contributed by atoms with Gasteiger partial charge >= 0.3 is 0 Å². The Kier molecular flexibility index (Phi) is 7.13. The molecule has 164 valence electrons. The number of aryl methyl sites for hydroxylation is 1. The summed E-state index contributed by atoms with van der Waals surface area (Å²) in [6, 6.07) is 14.0. The molecule has 6 heteroatoms. The number of carbonyl (C=O) groups is 2. The van der Waals surface area contributed by atoms with Crippen molar-refractivity contribution in [1.29, 1.82) is 0 Å². The molecule has 1 aliphatic rings. The molecular weight excluding hydrogens is 392 g/mol. The molecule has 1 heterocycles. The average Bonchev–Trinajstić information content (AvgIpc) is 3.01. The third-order valence-electron chi connectivity index (χ3n) is 5.32. The number of aliphatic hydroxyl groups excluding tert-OH is 1. The molecule has 0 aliphatic carbocycles. The van der Waals surface area contributed by atoms with Crippen LogP contribution in [0.2, 0.25) is 0 Å². The lowest BCUT2D eigenvalue weighted by Crippen LogP contribution is -2.35. The van der Waals surface area contributed by atoms with Gasteiger partial charge in [0.2, 0.25) is 0 Å². The number of aliphatic hydroxyl groups is 1. The zero-order valence-corrected chi connectivity index (χ0v) is 18.6. The zero-order valence-electron chi connectivity index (χ0n) is 18.6. The minimum absolute atomic E-state index is 0.120. The number of hydrogen-bond acceptors (Lipinski definition) is 5. The van der Waals surface area contributed by atoms with Crippen molar-refractivity contribution in [1.82, 2.24) is 9.80 Å². The van der Waals surface area contributed by atoms with Gasteiger partial charge < -0.3 is 19.6 Å². The Morgan fingerprint density at radius 3 is 2.29 bits per heavy atom. The normalized spacial score (nSPS) is 18.1. The molecule has 0 unspecified atom stereocenters. The first-order chi connectivity index (χ1) is 14.8. The van der Waals surface area contributed by atoms with Gasteiger partial charge in [-0.15, -0.1) is 0 Å². The van der Waals surface area contributed by atoms with Crippen molar-refractivity contribution in [2.45, 2.75) is 26.3 Å². The summed E-state index contributed by atoms with van der Waals surface area (Å²) >= 11 is 0. The molecule has 1 N–H and O–H groups in total. The number of ketones is 1. The average molecular weight is 423 g/mol. The molecule has 1 saturated heterocycles. The summed E-state index contributed by atoms with van der Waals surface area (Å²) in [6.07, 6.45) is 0.906. The monoisotopic (exact) mass is 422 g/mol. The Labute approximate surface area is 183 Å². The number of ether oxygens (including phenoxy) is 1. The topological polar surface area (TPSA) is 70.1 Å². The summed E-state index contributed by atoms with van der Waals surface area (Å²) in [5, 5.41) is 11.0. The smallest absolute Gasteiger partial charge is 0.295 e. The molecule has 1 atom stereocenters. The number of benzene rings is 2. The fraction of sp³-hybridized carbons (Fsp3) is 0.360. The van der Waals surface area contributed by atoms with E-state index in [0.717, 1.165) is 23.3 Å². The van der Waals surface area contributed by atoms with Crippen molar-refractivity contribution in [3.05, 3.63) is 70.8 Å². The second-order valence-corrected chi connectivity index (χ2v) is 8.08. The molecule has 0 spiro atoms. The molecule has 0 aromatic heterocycles. The fourth-order valence-corrected chi connectivity index (χ4v) is 3.60. The second-order valence-electron chi connectivity index (χ2n) is 8.08. The quantitative estimate of drug-likeness (QED) is 0.398. The van der Waals surface area contributed by atoms with Crippen LogP contribution in [-0.4, -0.2) is 60.4 Å². The molecule has 0 bridgehead atoms. The first kappa shape index (κ1) is 22.6.